The van der Waals surface area contributed by atoms with Gasteiger partial charge >= 0.3 is 0 Å². The van der Waals surface area contributed by atoms with Crippen molar-refractivity contribution < 1.29 is 0 Å². The van der Waals surface area contributed by atoms with Crippen LogP contribution in [0.2, 0.25) is 0 Å². The molecule has 0 aliphatic rings. The van der Waals surface area contributed by atoms with Crippen LogP contribution in [0.15, 0.2) is 30.5 Å². The molecule has 1 aromatic heterocycles. The number of benzene rings is 1. The van der Waals surface area contributed by atoms with E-state index in [9.17, 15) is 0 Å². The Morgan fingerprint density at radius 2 is 1.61 bits per heavy atom. The van der Waals surface area contributed by atoms with Gasteiger partial charge < -0.3 is 9.88 Å². The van der Waals surface area contributed by atoms with Gasteiger partial charge in [-0.3, -0.25) is 0 Å². The summed E-state index contributed by atoms with van der Waals surface area (Å²) < 4.78 is 2.32. The normalized spacial score (nSPS) is 13.0. The lowest BCUT2D eigenvalue weighted by molar-refractivity contribution is 0.411. The number of nitrogens with one attached hydrogen (secondary N) is 1. The maximum atomic E-state index is 3.51. The molecule has 0 radical (unpaired) electrons. The molecule has 0 fully saturated rings. The lowest BCUT2D eigenvalue weighted by Gasteiger charge is -2.24. The predicted molar refractivity (Wildman–Crippen MR) is 80.3 cm³/mol. The highest BCUT2D eigenvalue weighted by atomic mass is 15.0. The summed E-state index contributed by atoms with van der Waals surface area (Å²) in [6, 6.07) is 8.78. The molecule has 0 spiro atoms. The molecular weight excluding hydrogens is 220 g/mol. The van der Waals surface area contributed by atoms with Gasteiger partial charge in [0, 0.05) is 33.9 Å². The van der Waals surface area contributed by atoms with Crippen LogP contribution in [0.3, 0.4) is 0 Å². The number of fused-ring (bicyclic) bond motifs is 1. The van der Waals surface area contributed by atoms with Gasteiger partial charge in [0.15, 0.2) is 0 Å². The third kappa shape index (κ3) is 2.69. The van der Waals surface area contributed by atoms with Gasteiger partial charge in [0.25, 0.3) is 0 Å². The summed E-state index contributed by atoms with van der Waals surface area (Å²) in [6.07, 6.45) is 2.17. The fourth-order valence-corrected chi connectivity index (χ4v) is 2.24. The van der Waals surface area contributed by atoms with E-state index in [0.717, 1.165) is 0 Å². The molecule has 1 heterocycles. The minimum absolute atomic E-state index is 0.0975. The van der Waals surface area contributed by atoms with Crippen molar-refractivity contribution in [3.63, 3.8) is 0 Å². The lowest BCUT2D eigenvalue weighted by Crippen LogP contribution is -2.26. The molecule has 2 nitrogen and oxygen atoms in total. The summed E-state index contributed by atoms with van der Waals surface area (Å²) in [5.74, 6) is 0. The Kier molecular flexibility index (Phi) is 2.92. The molecule has 2 rings (SSSR count). The van der Waals surface area contributed by atoms with Gasteiger partial charge in [0.05, 0.1) is 0 Å². The molecule has 0 saturated heterocycles. The topological polar surface area (TPSA) is 17.0 Å². The maximum Gasteiger partial charge on any atom is 0.0486 e. The van der Waals surface area contributed by atoms with E-state index < -0.39 is 0 Å². The van der Waals surface area contributed by atoms with Crippen molar-refractivity contribution in [3.05, 3.63) is 30.5 Å². The molecular formula is C16H24N2. The average molecular weight is 244 g/mol. The van der Waals surface area contributed by atoms with Crippen molar-refractivity contribution in [2.75, 3.05) is 5.32 Å². The van der Waals surface area contributed by atoms with Crippen LogP contribution in [0.5, 0.6) is 0 Å². The smallest absolute Gasteiger partial charge is 0.0486 e. The fraction of sp³-hybridized carbons (Fsp3) is 0.500. The number of hydrogen-bond acceptors (Lipinski definition) is 1. The predicted octanol–water partition coefficient (Wildman–Crippen LogP) is 4.61. The second kappa shape index (κ2) is 4.04. The van der Waals surface area contributed by atoms with Gasteiger partial charge in [-0.1, -0.05) is 0 Å². The van der Waals surface area contributed by atoms with Crippen molar-refractivity contribution in [1.82, 2.24) is 4.57 Å². The molecule has 18 heavy (non-hydrogen) atoms. The van der Waals surface area contributed by atoms with Crippen LogP contribution in [-0.2, 0) is 5.54 Å². The minimum atomic E-state index is 0.0975. The Morgan fingerprint density at radius 3 is 2.17 bits per heavy atom. The number of aromatic nitrogens is 1. The van der Waals surface area contributed by atoms with Gasteiger partial charge in [-0.15, -0.1) is 0 Å². The molecule has 2 aromatic rings. The van der Waals surface area contributed by atoms with E-state index in [1.54, 1.807) is 0 Å². The van der Waals surface area contributed by atoms with Crippen LogP contribution >= 0.6 is 0 Å². The number of nitrogens with zero attached hydrogens (tertiary/aromatic N) is 1. The summed E-state index contributed by atoms with van der Waals surface area (Å²) in [4.78, 5) is 0. The molecule has 0 atom stereocenters. The number of hydrogen-bond donors (Lipinski definition) is 1. The molecule has 0 aliphatic heterocycles. The van der Waals surface area contributed by atoms with E-state index in [4.69, 9.17) is 0 Å². The summed E-state index contributed by atoms with van der Waals surface area (Å²) in [7, 11) is 0. The summed E-state index contributed by atoms with van der Waals surface area (Å²) >= 11 is 0. The molecule has 98 valence electrons. The van der Waals surface area contributed by atoms with Crippen LogP contribution in [0.4, 0.5) is 5.69 Å². The quantitative estimate of drug-likeness (QED) is 0.775. The van der Waals surface area contributed by atoms with Crippen LogP contribution in [0.1, 0.15) is 41.5 Å². The zero-order valence-corrected chi connectivity index (χ0v) is 12.3. The lowest BCUT2D eigenvalue weighted by atomic mass is 10.1. The molecule has 1 N–H and O–H groups in total. The third-order valence-electron chi connectivity index (χ3n) is 2.93. The van der Waals surface area contributed by atoms with Crippen LogP contribution in [0, 0.1) is 0 Å². The van der Waals surface area contributed by atoms with Crippen molar-refractivity contribution in [2.45, 2.75) is 52.6 Å². The Balaban J connectivity index is 2.43. The molecule has 0 saturated carbocycles. The SMILES string of the molecule is CC(C)(C)Nc1ccc2c(ccn2C(C)(C)C)c1. The van der Waals surface area contributed by atoms with E-state index in [2.05, 4.69) is 81.9 Å². The van der Waals surface area contributed by atoms with E-state index in [0.29, 0.717) is 0 Å². The van der Waals surface area contributed by atoms with Crippen molar-refractivity contribution in [3.8, 4) is 0 Å². The van der Waals surface area contributed by atoms with E-state index in [1.165, 1.54) is 16.6 Å². The molecule has 0 aliphatic carbocycles. The van der Waals surface area contributed by atoms with Crippen LogP contribution < -0.4 is 5.32 Å². The monoisotopic (exact) mass is 244 g/mol. The highest BCUT2D eigenvalue weighted by Crippen LogP contribution is 2.27. The van der Waals surface area contributed by atoms with Crippen LogP contribution in [-0.4, -0.2) is 10.1 Å². The van der Waals surface area contributed by atoms with Crippen molar-refractivity contribution in [2.24, 2.45) is 0 Å². The largest absolute Gasteiger partial charge is 0.380 e. The van der Waals surface area contributed by atoms with E-state index >= 15 is 0 Å². The number of anilines is 1. The third-order valence-corrected chi connectivity index (χ3v) is 2.93. The van der Waals surface area contributed by atoms with Gasteiger partial charge in [0.1, 0.15) is 0 Å². The molecule has 0 amide bonds. The highest BCUT2D eigenvalue weighted by Gasteiger charge is 2.15. The summed E-state index contributed by atoms with van der Waals surface area (Å²) in [5, 5.41) is 4.80. The Labute approximate surface area is 110 Å². The van der Waals surface area contributed by atoms with E-state index in [1.807, 2.05) is 0 Å². The first-order chi connectivity index (χ1) is 8.17. The standard InChI is InChI=1S/C16H24N2/c1-15(2,3)17-13-7-8-14-12(11-13)9-10-18(14)16(4,5)6/h7-11,17H,1-6H3. The Hall–Kier alpha value is -1.44. The Bertz CT molecular complexity index is 550. The first-order valence-electron chi connectivity index (χ1n) is 6.57. The van der Waals surface area contributed by atoms with Crippen molar-refractivity contribution in [1.29, 1.82) is 0 Å². The average Bonchev–Trinajstić information content (AvgIpc) is 2.56. The zero-order valence-electron chi connectivity index (χ0n) is 12.3. The van der Waals surface area contributed by atoms with Gasteiger partial charge in [0.2, 0.25) is 0 Å². The van der Waals surface area contributed by atoms with Gasteiger partial charge in [-0.2, -0.15) is 0 Å². The first-order valence-corrected chi connectivity index (χ1v) is 6.57. The second-order valence-corrected chi connectivity index (χ2v) is 7.01. The van der Waals surface area contributed by atoms with Crippen molar-refractivity contribution >= 4 is 16.6 Å². The first kappa shape index (κ1) is 13.0. The van der Waals surface area contributed by atoms with E-state index in [-0.39, 0.29) is 11.1 Å². The molecule has 2 heteroatoms. The number of rotatable bonds is 1. The summed E-state index contributed by atoms with van der Waals surface area (Å²) in [6.45, 7) is 13.2. The highest BCUT2D eigenvalue weighted by molar-refractivity contribution is 5.84. The maximum absolute atomic E-state index is 3.51. The second-order valence-electron chi connectivity index (χ2n) is 7.01. The molecule has 0 bridgehead atoms. The molecule has 0 unspecified atom stereocenters. The zero-order chi connectivity index (χ0) is 13.6. The van der Waals surface area contributed by atoms with Gasteiger partial charge in [-0.25, -0.2) is 0 Å². The summed E-state index contributed by atoms with van der Waals surface area (Å²) in [5.41, 5.74) is 2.70. The van der Waals surface area contributed by atoms with Crippen LogP contribution in [0.25, 0.3) is 10.9 Å². The Morgan fingerprint density at radius 1 is 0.944 bits per heavy atom. The van der Waals surface area contributed by atoms with Gasteiger partial charge in [-0.05, 0) is 65.8 Å². The molecule has 1 aromatic carbocycles. The fourth-order valence-electron chi connectivity index (χ4n) is 2.24. The minimum Gasteiger partial charge on any atom is -0.380 e.